The molecule has 0 spiro atoms. The van der Waals surface area contributed by atoms with E-state index in [0.29, 0.717) is 25.9 Å². The number of hydrogen-bond acceptors (Lipinski definition) is 1. The van der Waals surface area contributed by atoms with Crippen LogP contribution in [0.5, 0.6) is 0 Å². The predicted molar refractivity (Wildman–Crippen MR) is 42.1 cm³/mol. The highest BCUT2D eigenvalue weighted by Crippen LogP contribution is 2.32. The molecule has 0 bridgehead atoms. The van der Waals surface area contributed by atoms with Crippen molar-refractivity contribution in [1.82, 2.24) is 4.90 Å². The minimum absolute atomic E-state index is 0.296. The number of likely N-dealkylation sites (tertiary alicyclic amines) is 1. The maximum Gasteiger partial charge on any atom is 0.314 e. The molecule has 0 atom stereocenters. The zero-order valence-electron chi connectivity index (χ0n) is 7.06. The van der Waals surface area contributed by atoms with Gasteiger partial charge in [-0.2, -0.15) is 0 Å². The first-order valence-corrected chi connectivity index (χ1v) is 3.96. The smallest absolute Gasteiger partial charge is 0.306 e. The molecular weight excluding hydrogens is 162 g/mol. The van der Waals surface area contributed by atoms with Crippen molar-refractivity contribution in [3.05, 3.63) is 11.4 Å². The number of hydrogen-bond donors (Lipinski definition) is 0. The van der Waals surface area contributed by atoms with Crippen LogP contribution in [-0.4, -0.2) is 37.0 Å². The molecule has 0 saturated carbocycles. The van der Waals surface area contributed by atoms with Crippen LogP contribution in [0.15, 0.2) is 0 Å². The van der Waals surface area contributed by atoms with Gasteiger partial charge in [0, 0.05) is 25.9 Å². The van der Waals surface area contributed by atoms with E-state index in [1.807, 2.05) is 11.9 Å². The highest BCUT2D eigenvalue weighted by Gasteiger charge is 2.48. The van der Waals surface area contributed by atoms with Gasteiger partial charge in [-0.3, -0.25) is 0 Å². The SMILES string of the molecule is [C-]#[N+]C1(C(F)F)CCN(C)CC1. The van der Waals surface area contributed by atoms with E-state index in [1.54, 1.807) is 0 Å². The number of nitrogens with zero attached hydrogens (tertiary/aromatic N) is 2. The quantitative estimate of drug-likeness (QED) is 0.548. The van der Waals surface area contributed by atoms with Gasteiger partial charge in [-0.1, -0.05) is 0 Å². The fraction of sp³-hybridized carbons (Fsp3) is 0.875. The molecule has 68 valence electrons. The van der Waals surface area contributed by atoms with E-state index >= 15 is 0 Å². The maximum atomic E-state index is 12.5. The van der Waals surface area contributed by atoms with Crippen molar-refractivity contribution < 1.29 is 8.78 Å². The Bertz CT molecular complexity index is 190. The summed E-state index contributed by atoms with van der Waals surface area (Å²) in [4.78, 5) is 5.06. The molecule has 0 aromatic rings. The number of piperidine rings is 1. The van der Waals surface area contributed by atoms with E-state index in [1.165, 1.54) is 0 Å². The highest BCUT2D eigenvalue weighted by atomic mass is 19.3. The number of alkyl halides is 2. The summed E-state index contributed by atoms with van der Waals surface area (Å²) in [7, 11) is 1.89. The summed E-state index contributed by atoms with van der Waals surface area (Å²) in [5.74, 6) is 0. The van der Waals surface area contributed by atoms with Gasteiger partial charge in [0.1, 0.15) is 0 Å². The van der Waals surface area contributed by atoms with Gasteiger partial charge in [0.2, 0.25) is 0 Å². The molecule has 0 unspecified atom stereocenters. The monoisotopic (exact) mass is 174 g/mol. The fourth-order valence-electron chi connectivity index (χ4n) is 1.38. The molecule has 4 heteroatoms. The lowest BCUT2D eigenvalue weighted by molar-refractivity contribution is 0.0387. The Morgan fingerprint density at radius 2 is 1.92 bits per heavy atom. The molecule has 0 amide bonds. The van der Waals surface area contributed by atoms with Crippen molar-refractivity contribution in [2.75, 3.05) is 20.1 Å². The van der Waals surface area contributed by atoms with Crippen LogP contribution in [0.25, 0.3) is 4.85 Å². The van der Waals surface area contributed by atoms with Crippen LogP contribution >= 0.6 is 0 Å². The topological polar surface area (TPSA) is 7.60 Å². The summed E-state index contributed by atoms with van der Waals surface area (Å²) >= 11 is 0. The van der Waals surface area contributed by atoms with E-state index in [2.05, 4.69) is 4.85 Å². The van der Waals surface area contributed by atoms with Gasteiger partial charge in [0.05, 0.1) is 0 Å². The van der Waals surface area contributed by atoms with E-state index in [4.69, 9.17) is 6.57 Å². The first kappa shape index (κ1) is 9.40. The van der Waals surface area contributed by atoms with Gasteiger partial charge in [-0.05, 0) is 7.05 Å². The van der Waals surface area contributed by atoms with Gasteiger partial charge >= 0.3 is 6.43 Å². The molecule has 1 rings (SSSR count). The molecule has 0 N–H and O–H groups in total. The molecule has 1 aliphatic heterocycles. The minimum Gasteiger partial charge on any atom is -0.306 e. The van der Waals surface area contributed by atoms with E-state index in [9.17, 15) is 8.78 Å². The van der Waals surface area contributed by atoms with Gasteiger partial charge < -0.3 is 9.74 Å². The van der Waals surface area contributed by atoms with Crippen LogP contribution in [0, 0.1) is 6.57 Å². The Morgan fingerprint density at radius 1 is 1.42 bits per heavy atom. The van der Waals surface area contributed by atoms with E-state index in [0.717, 1.165) is 0 Å². The second-order valence-corrected chi connectivity index (χ2v) is 3.32. The minimum atomic E-state index is -2.50. The average Bonchev–Trinajstić information content (AvgIpc) is 2.06. The molecule has 2 nitrogen and oxygen atoms in total. The van der Waals surface area contributed by atoms with Crippen LogP contribution in [-0.2, 0) is 0 Å². The summed E-state index contributed by atoms with van der Waals surface area (Å²) in [6.45, 7) is 7.98. The lowest BCUT2D eigenvalue weighted by Crippen LogP contribution is -2.45. The van der Waals surface area contributed by atoms with Crippen molar-refractivity contribution in [2.45, 2.75) is 24.8 Å². The second-order valence-electron chi connectivity index (χ2n) is 3.32. The molecule has 1 fully saturated rings. The normalized spacial score (nSPS) is 23.9. The summed E-state index contributed by atoms with van der Waals surface area (Å²) in [5.41, 5.74) is -1.38. The number of halogens is 2. The third-order valence-corrected chi connectivity index (χ3v) is 2.48. The molecule has 1 saturated heterocycles. The van der Waals surface area contributed by atoms with Gasteiger partial charge in [0.15, 0.2) is 0 Å². The van der Waals surface area contributed by atoms with Crippen LogP contribution in [0.1, 0.15) is 12.8 Å². The summed E-state index contributed by atoms with van der Waals surface area (Å²) in [6, 6.07) is 0. The Kier molecular flexibility index (Phi) is 2.63. The number of rotatable bonds is 1. The largest absolute Gasteiger partial charge is 0.314 e. The molecule has 12 heavy (non-hydrogen) atoms. The lowest BCUT2D eigenvalue weighted by Gasteiger charge is -2.30. The van der Waals surface area contributed by atoms with Gasteiger partial charge in [-0.25, -0.2) is 15.4 Å². The summed E-state index contributed by atoms with van der Waals surface area (Å²) in [5, 5.41) is 0. The second kappa shape index (κ2) is 3.36. The first-order chi connectivity index (χ1) is 5.60. The van der Waals surface area contributed by atoms with Crippen LogP contribution < -0.4 is 0 Å². The Hall–Kier alpha value is -0.690. The Morgan fingerprint density at radius 3 is 2.25 bits per heavy atom. The molecule has 0 aliphatic carbocycles. The first-order valence-electron chi connectivity index (χ1n) is 3.96. The maximum absolute atomic E-state index is 12.5. The Balaban J connectivity index is 2.65. The summed E-state index contributed by atoms with van der Waals surface area (Å²) in [6.07, 6.45) is -1.90. The summed E-state index contributed by atoms with van der Waals surface area (Å²) < 4.78 is 24.9. The molecule has 1 heterocycles. The van der Waals surface area contributed by atoms with Crippen molar-refractivity contribution in [3.63, 3.8) is 0 Å². The van der Waals surface area contributed by atoms with Gasteiger partial charge in [0.25, 0.3) is 5.54 Å². The van der Waals surface area contributed by atoms with Crippen molar-refractivity contribution >= 4 is 0 Å². The Labute approximate surface area is 71.0 Å². The lowest BCUT2D eigenvalue weighted by atomic mass is 9.89. The van der Waals surface area contributed by atoms with Crippen molar-refractivity contribution in [3.8, 4) is 0 Å². The van der Waals surface area contributed by atoms with Crippen molar-refractivity contribution in [2.24, 2.45) is 0 Å². The molecular formula is C8H12F2N2. The zero-order valence-corrected chi connectivity index (χ0v) is 7.06. The average molecular weight is 174 g/mol. The van der Waals surface area contributed by atoms with Crippen molar-refractivity contribution in [1.29, 1.82) is 0 Å². The fourth-order valence-corrected chi connectivity index (χ4v) is 1.38. The van der Waals surface area contributed by atoms with E-state index in [-0.39, 0.29) is 0 Å². The molecule has 1 aliphatic rings. The zero-order chi connectivity index (χ0) is 9.19. The molecule has 0 aromatic heterocycles. The van der Waals surface area contributed by atoms with Gasteiger partial charge in [-0.15, -0.1) is 0 Å². The van der Waals surface area contributed by atoms with E-state index < -0.39 is 12.0 Å². The predicted octanol–water partition coefficient (Wildman–Crippen LogP) is 1.64. The van der Waals surface area contributed by atoms with Crippen LogP contribution in [0.4, 0.5) is 8.78 Å². The molecule has 0 radical (unpaired) electrons. The molecule has 0 aromatic carbocycles. The highest BCUT2D eigenvalue weighted by molar-refractivity contribution is 5.03. The third kappa shape index (κ3) is 1.56. The third-order valence-electron chi connectivity index (χ3n) is 2.48. The van der Waals surface area contributed by atoms with Crippen LogP contribution in [0.2, 0.25) is 0 Å². The standard InChI is InChI=1S/C8H12F2N2/c1-11-8(7(9)10)3-5-12(2)6-4-8/h7H,3-6H2,2H3. The van der Waals surface area contributed by atoms with Crippen LogP contribution in [0.3, 0.4) is 0 Å².